The van der Waals surface area contributed by atoms with Crippen LogP contribution in [0.2, 0.25) is 0 Å². The summed E-state index contributed by atoms with van der Waals surface area (Å²) in [5.74, 6) is 0.585. The summed E-state index contributed by atoms with van der Waals surface area (Å²) >= 11 is 0. The molecule has 0 N–H and O–H groups in total. The molecule has 18 heavy (non-hydrogen) atoms. The lowest BCUT2D eigenvalue weighted by atomic mass is 9.70. The molecule has 1 aromatic rings. The molecule has 1 heterocycles. The Kier molecular flexibility index (Phi) is 3.22. The number of hydrogen-bond acceptors (Lipinski definition) is 1. The van der Waals surface area contributed by atoms with Gasteiger partial charge in [-0.2, -0.15) is 0 Å². The molecule has 0 bridgehead atoms. The van der Waals surface area contributed by atoms with Gasteiger partial charge in [-0.05, 0) is 29.9 Å². The first-order valence-electron chi connectivity index (χ1n) is 6.91. The van der Waals surface area contributed by atoms with Crippen LogP contribution in [0.5, 0.6) is 0 Å². The molecule has 1 amide bonds. The molecule has 0 aromatic heterocycles. The van der Waals surface area contributed by atoms with Crippen molar-refractivity contribution in [2.24, 2.45) is 5.92 Å². The Morgan fingerprint density at radius 1 is 1.28 bits per heavy atom. The van der Waals surface area contributed by atoms with Crippen molar-refractivity contribution in [1.82, 2.24) is 0 Å². The number of benzene rings is 1. The fourth-order valence-electron chi connectivity index (χ4n) is 3.46. The highest BCUT2D eigenvalue weighted by molar-refractivity contribution is 6.08. The molecule has 1 unspecified atom stereocenters. The Morgan fingerprint density at radius 3 is 2.44 bits per heavy atom. The number of anilines is 1. The second kappa shape index (κ2) is 4.42. The molecule has 98 valence electrons. The number of carbonyl (C=O) groups excluding carboxylic acids is 1. The second-order valence-corrected chi connectivity index (χ2v) is 5.51. The minimum Gasteiger partial charge on any atom is -0.314 e. The SMILES string of the molecule is CCc1cccc2c1N(C)C(=O)C2(CC)C(C)C. The molecule has 2 heteroatoms. The second-order valence-electron chi connectivity index (χ2n) is 5.51. The Morgan fingerprint density at radius 2 is 1.94 bits per heavy atom. The fourth-order valence-corrected chi connectivity index (χ4v) is 3.46. The van der Waals surface area contributed by atoms with Crippen LogP contribution in [0.25, 0.3) is 0 Å². The van der Waals surface area contributed by atoms with Crippen LogP contribution in [0.4, 0.5) is 5.69 Å². The molecule has 1 aromatic carbocycles. The van der Waals surface area contributed by atoms with Crippen molar-refractivity contribution in [3.63, 3.8) is 0 Å². The Hall–Kier alpha value is -1.31. The van der Waals surface area contributed by atoms with Gasteiger partial charge in [0.2, 0.25) is 5.91 Å². The van der Waals surface area contributed by atoms with E-state index in [2.05, 4.69) is 45.9 Å². The first kappa shape index (κ1) is 13.1. The predicted molar refractivity (Wildman–Crippen MR) is 76.0 cm³/mol. The van der Waals surface area contributed by atoms with E-state index < -0.39 is 0 Å². The highest BCUT2D eigenvalue weighted by Crippen LogP contribution is 2.49. The van der Waals surface area contributed by atoms with E-state index in [1.54, 1.807) is 0 Å². The van der Waals surface area contributed by atoms with Gasteiger partial charge in [0.1, 0.15) is 0 Å². The van der Waals surface area contributed by atoms with Crippen LogP contribution < -0.4 is 4.90 Å². The molecule has 0 saturated carbocycles. The van der Waals surface area contributed by atoms with Gasteiger partial charge in [0.05, 0.1) is 11.1 Å². The maximum absolute atomic E-state index is 12.8. The minimum atomic E-state index is -0.324. The predicted octanol–water partition coefficient (Wildman–Crippen LogP) is 3.53. The zero-order chi connectivity index (χ0) is 13.5. The van der Waals surface area contributed by atoms with Crippen molar-refractivity contribution >= 4 is 11.6 Å². The molecule has 2 rings (SSSR count). The van der Waals surface area contributed by atoms with Crippen LogP contribution in [0.3, 0.4) is 0 Å². The highest BCUT2D eigenvalue weighted by Gasteiger charge is 2.50. The van der Waals surface area contributed by atoms with Gasteiger partial charge in [-0.15, -0.1) is 0 Å². The lowest BCUT2D eigenvalue weighted by Gasteiger charge is -2.31. The zero-order valence-corrected chi connectivity index (χ0v) is 12.1. The number of para-hydroxylation sites is 1. The van der Waals surface area contributed by atoms with Crippen LogP contribution in [-0.2, 0) is 16.6 Å². The molecule has 0 saturated heterocycles. The van der Waals surface area contributed by atoms with E-state index in [-0.39, 0.29) is 11.3 Å². The minimum absolute atomic E-state index is 0.260. The number of amides is 1. The van der Waals surface area contributed by atoms with E-state index in [0.717, 1.165) is 18.5 Å². The van der Waals surface area contributed by atoms with E-state index in [4.69, 9.17) is 0 Å². The largest absolute Gasteiger partial charge is 0.314 e. The van der Waals surface area contributed by atoms with E-state index in [1.165, 1.54) is 11.1 Å². The first-order valence-corrected chi connectivity index (χ1v) is 6.91. The number of aryl methyl sites for hydroxylation is 1. The molecule has 0 aliphatic carbocycles. The summed E-state index contributed by atoms with van der Waals surface area (Å²) in [5, 5.41) is 0. The van der Waals surface area contributed by atoms with Crippen molar-refractivity contribution in [3.8, 4) is 0 Å². The van der Waals surface area contributed by atoms with Gasteiger partial charge >= 0.3 is 0 Å². The standard InChI is InChI=1S/C16H23NO/c1-6-12-9-8-10-13-14(12)17(5)15(18)16(13,7-2)11(3)4/h8-11H,6-7H2,1-5H3. The summed E-state index contributed by atoms with van der Waals surface area (Å²) in [6, 6.07) is 6.37. The average Bonchev–Trinajstić information content (AvgIpc) is 2.59. The van der Waals surface area contributed by atoms with E-state index in [0.29, 0.717) is 5.92 Å². The van der Waals surface area contributed by atoms with Crippen molar-refractivity contribution in [2.45, 2.75) is 46.0 Å². The van der Waals surface area contributed by atoms with Gasteiger partial charge in [0.25, 0.3) is 0 Å². The average molecular weight is 245 g/mol. The molecule has 1 aliphatic heterocycles. The summed E-state index contributed by atoms with van der Waals surface area (Å²) < 4.78 is 0. The van der Waals surface area contributed by atoms with Gasteiger partial charge in [-0.25, -0.2) is 0 Å². The third kappa shape index (κ3) is 1.44. The summed E-state index contributed by atoms with van der Waals surface area (Å²) in [4.78, 5) is 14.6. The third-order valence-corrected chi connectivity index (χ3v) is 4.55. The van der Waals surface area contributed by atoms with Gasteiger partial charge in [-0.3, -0.25) is 4.79 Å². The van der Waals surface area contributed by atoms with Gasteiger partial charge in [0.15, 0.2) is 0 Å². The molecule has 0 radical (unpaired) electrons. The Balaban J connectivity index is 2.74. The highest BCUT2D eigenvalue weighted by atomic mass is 16.2. The van der Waals surface area contributed by atoms with Crippen LogP contribution >= 0.6 is 0 Å². The molecule has 1 aliphatic rings. The van der Waals surface area contributed by atoms with Gasteiger partial charge in [-0.1, -0.05) is 45.9 Å². The van der Waals surface area contributed by atoms with Gasteiger partial charge < -0.3 is 4.90 Å². The van der Waals surface area contributed by atoms with Crippen molar-refractivity contribution in [2.75, 3.05) is 11.9 Å². The van der Waals surface area contributed by atoms with Crippen LogP contribution in [0, 0.1) is 5.92 Å². The molecule has 0 fully saturated rings. The summed E-state index contributed by atoms with van der Waals surface area (Å²) in [6.07, 6.45) is 1.84. The monoisotopic (exact) mass is 245 g/mol. The summed E-state index contributed by atoms with van der Waals surface area (Å²) in [7, 11) is 1.92. The number of rotatable bonds is 3. The third-order valence-electron chi connectivity index (χ3n) is 4.55. The molecular weight excluding hydrogens is 222 g/mol. The smallest absolute Gasteiger partial charge is 0.237 e. The van der Waals surface area contributed by atoms with E-state index >= 15 is 0 Å². The lowest BCUT2D eigenvalue weighted by molar-refractivity contribution is -0.124. The van der Waals surface area contributed by atoms with Gasteiger partial charge in [0, 0.05) is 7.05 Å². The maximum Gasteiger partial charge on any atom is 0.237 e. The van der Waals surface area contributed by atoms with Crippen molar-refractivity contribution in [1.29, 1.82) is 0 Å². The van der Waals surface area contributed by atoms with Crippen molar-refractivity contribution < 1.29 is 4.79 Å². The van der Waals surface area contributed by atoms with Crippen LogP contribution in [-0.4, -0.2) is 13.0 Å². The Labute approximate surface area is 110 Å². The lowest BCUT2D eigenvalue weighted by Crippen LogP contribution is -2.42. The van der Waals surface area contributed by atoms with Crippen molar-refractivity contribution in [3.05, 3.63) is 29.3 Å². The summed E-state index contributed by atoms with van der Waals surface area (Å²) in [5.41, 5.74) is 3.33. The summed E-state index contributed by atoms with van der Waals surface area (Å²) in [6.45, 7) is 8.58. The number of carbonyl (C=O) groups is 1. The molecule has 2 nitrogen and oxygen atoms in total. The van der Waals surface area contributed by atoms with E-state index in [1.807, 2.05) is 11.9 Å². The fraction of sp³-hybridized carbons (Fsp3) is 0.562. The molecule has 0 spiro atoms. The zero-order valence-electron chi connectivity index (χ0n) is 12.1. The first-order chi connectivity index (χ1) is 8.50. The number of nitrogens with zero attached hydrogens (tertiary/aromatic N) is 1. The quantitative estimate of drug-likeness (QED) is 0.797. The van der Waals surface area contributed by atoms with Crippen LogP contribution in [0.15, 0.2) is 18.2 Å². The number of fused-ring (bicyclic) bond motifs is 1. The number of likely N-dealkylation sites (N-methyl/N-ethyl adjacent to an activating group) is 1. The topological polar surface area (TPSA) is 20.3 Å². The normalized spacial score (nSPS) is 22.8. The van der Waals surface area contributed by atoms with Crippen LogP contribution in [0.1, 0.15) is 45.2 Å². The number of hydrogen-bond donors (Lipinski definition) is 0. The maximum atomic E-state index is 12.8. The molecule has 1 atom stereocenters. The molecular formula is C16H23NO. The Bertz CT molecular complexity index is 478. The van der Waals surface area contributed by atoms with E-state index in [9.17, 15) is 4.79 Å².